The number of piperidine rings is 1. The van der Waals surface area contributed by atoms with E-state index >= 15 is 0 Å². The highest BCUT2D eigenvalue weighted by atomic mass is 32.2. The van der Waals surface area contributed by atoms with Crippen LogP contribution in [0.4, 0.5) is 0 Å². The number of benzene rings is 1. The Morgan fingerprint density at radius 2 is 1.95 bits per heavy atom. The second-order valence-electron chi connectivity index (χ2n) is 6.21. The molecule has 1 aromatic carbocycles. The highest BCUT2D eigenvalue weighted by molar-refractivity contribution is 7.92. The summed E-state index contributed by atoms with van der Waals surface area (Å²) in [4.78, 5) is 13.9. The van der Waals surface area contributed by atoms with Gasteiger partial charge in [-0.05, 0) is 30.2 Å². The van der Waals surface area contributed by atoms with Gasteiger partial charge in [-0.2, -0.15) is 0 Å². The van der Waals surface area contributed by atoms with Gasteiger partial charge in [0, 0.05) is 13.1 Å². The van der Waals surface area contributed by atoms with Gasteiger partial charge in [-0.3, -0.25) is 4.79 Å². The summed E-state index contributed by atoms with van der Waals surface area (Å²) in [6.45, 7) is 5.23. The van der Waals surface area contributed by atoms with Gasteiger partial charge in [-0.25, -0.2) is 8.42 Å². The average Bonchev–Trinajstić information content (AvgIpc) is 2.47. The van der Waals surface area contributed by atoms with Crippen LogP contribution in [0.1, 0.15) is 38.2 Å². The van der Waals surface area contributed by atoms with Crippen LogP contribution < -0.4 is 0 Å². The number of carbonyl (C=O) groups is 1. The second kappa shape index (κ2) is 7.27. The van der Waals surface area contributed by atoms with Gasteiger partial charge in [0.2, 0.25) is 5.91 Å². The summed E-state index contributed by atoms with van der Waals surface area (Å²) in [5.74, 6) is 0.288. The van der Waals surface area contributed by atoms with Crippen LogP contribution in [0.5, 0.6) is 0 Å². The van der Waals surface area contributed by atoms with Crippen LogP contribution in [0.15, 0.2) is 30.3 Å². The van der Waals surface area contributed by atoms with Crippen LogP contribution in [0, 0.1) is 5.92 Å². The average molecular weight is 323 g/mol. The van der Waals surface area contributed by atoms with Crippen molar-refractivity contribution in [2.45, 2.75) is 32.6 Å². The molecule has 0 N–H and O–H groups in total. The summed E-state index contributed by atoms with van der Waals surface area (Å²) in [6, 6.07) is 10.3. The zero-order valence-corrected chi connectivity index (χ0v) is 14.2. The van der Waals surface area contributed by atoms with Gasteiger partial charge in [0.05, 0.1) is 5.75 Å². The minimum absolute atomic E-state index is 0.0920. The fraction of sp³-hybridized carbons (Fsp3) is 0.588. The number of carbonyl (C=O) groups excluding carboxylic acids is 1. The third-order valence-corrected chi connectivity index (χ3v) is 6.06. The molecule has 0 saturated carbocycles. The van der Waals surface area contributed by atoms with Crippen LogP contribution >= 0.6 is 0 Å². The van der Waals surface area contributed by atoms with Crippen molar-refractivity contribution in [2.75, 3.05) is 24.6 Å². The molecule has 1 aliphatic rings. The molecule has 122 valence electrons. The summed E-state index contributed by atoms with van der Waals surface area (Å²) in [7, 11) is -3.25. The first-order valence-electron chi connectivity index (χ1n) is 7.96. The lowest BCUT2D eigenvalue weighted by atomic mass is 9.81. The Hall–Kier alpha value is -1.36. The predicted molar refractivity (Wildman–Crippen MR) is 88.5 cm³/mol. The molecule has 0 aromatic heterocycles. The fourth-order valence-electron chi connectivity index (χ4n) is 3.23. The highest BCUT2D eigenvalue weighted by Crippen LogP contribution is 2.32. The Labute approximate surface area is 133 Å². The molecule has 0 aliphatic carbocycles. The number of sulfone groups is 1. The lowest BCUT2D eigenvalue weighted by Crippen LogP contribution is -2.44. The van der Waals surface area contributed by atoms with Gasteiger partial charge < -0.3 is 4.90 Å². The molecule has 1 amide bonds. The van der Waals surface area contributed by atoms with Crippen molar-refractivity contribution < 1.29 is 13.2 Å². The predicted octanol–water partition coefficient (Wildman–Crippen LogP) is 2.46. The lowest BCUT2D eigenvalue weighted by molar-refractivity contribution is -0.130. The number of amides is 1. The van der Waals surface area contributed by atoms with Crippen molar-refractivity contribution in [1.29, 1.82) is 0 Å². The van der Waals surface area contributed by atoms with Crippen LogP contribution in [0.25, 0.3) is 0 Å². The molecule has 1 fully saturated rings. The number of hydrogen-bond donors (Lipinski definition) is 0. The Kier molecular flexibility index (Phi) is 5.62. The Balaban J connectivity index is 1.97. The molecule has 1 aliphatic heterocycles. The van der Waals surface area contributed by atoms with Crippen LogP contribution in [-0.4, -0.2) is 43.8 Å². The van der Waals surface area contributed by atoms with Crippen molar-refractivity contribution in [3.63, 3.8) is 0 Å². The van der Waals surface area contributed by atoms with Gasteiger partial charge in [0.1, 0.15) is 5.75 Å². The quantitative estimate of drug-likeness (QED) is 0.836. The van der Waals surface area contributed by atoms with E-state index in [1.165, 1.54) is 5.56 Å². The lowest BCUT2D eigenvalue weighted by Gasteiger charge is -2.37. The molecule has 0 unspecified atom stereocenters. The van der Waals surface area contributed by atoms with E-state index in [4.69, 9.17) is 0 Å². The van der Waals surface area contributed by atoms with Crippen molar-refractivity contribution >= 4 is 15.7 Å². The minimum Gasteiger partial charge on any atom is -0.342 e. The minimum atomic E-state index is -3.25. The molecule has 1 saturated heterocycles. The zero-order chi connectivity index (χ0) is 16.2. The van der Waals surface area contributed by atoms with E-state index in [0.717, 1.165) is 6.42 Å². The van der Waals surface area contributed by atoms with Crippen LogP contribution in [0.2, 0.25) is 0 Å². The van der Waals surface area contributed by atoms with E-state index in [0.29, 0.717) is 31.3 Å². The highest BCUT2D eigenvalue weighted by Gasteiger charge is 2.31. The smallest absolute Gasteiger partial charge is 0.237 e. The van der Waals surface area contributed by atoms with Crippen LogP contribution in [0.3, 0.4) is 0 Å². The van der Waals surface area contributed by atoms with E-state index in [2.05, 4.69) is 19.1 Å². The number of rotatable bonds is 5. The molecule has 2 rings (SSSR count). The zero-order valence-electron chi connectivity index (χ0n) is 13.4. The first-order chi connectivity index (χ1) is 10.4. The van der Waals surface area contributed by atoms with Crippen molar-refractivity contribution in [3.05, 3.63) is 35.9 Å². The summed E-state index contributed by atoms with van der Waals surface area (Å²) < 4.78 is 23.6. The molecule has 0 spiro atoms. The molecule has 4 nitrogen and oxygen atoms in total. The maximum Gasteiger partial charge on any atom is 0.237 e. The van der Waals surface area contributed by atoms with Gasteiger partial charge in [-0.1, -0.05) is 44.2 Å². The Bertz CT molecular complexity index is 598. The van der Waals surface area contributed by atoms with Crippen molar-refractivity contribution in [1.82, 2.24) is 4.90 Å². The SMILES string of the molecule is CCCS(=O)(=O)CC(=O)N1CC[C@H](c2ccccc2)[C@@H](C)C1. The van der Waals surface area contributed by atoms with E-state index < -0.39 is 9.84 Å². The van der Waals surface area contributed by atoms with E-state index in [9.17, 15) is 13.2 Å². The third kappa shape index (κ3) is 4.32. The van der Waals surface area contributed by atoms with Gasteiger partial charge in [0.25, 0.3) is 0 Å². The summed E-state index contributed by atoms with van der Waals surface area (Å²) in [5.41, 5.74) is 1.31. The molecule has 0 bridgehead atoms. The molecule has 1 heterocycles. The maximum atomic E-state index is 12.2. The number of likely N-dealkylation sites (tertiary alicyclic amines) is 1. The van der Waals surface area contributed by atoms with Gasteiger partial charge in [0.15, 0.2) is 9.84 Å². The molecule has 2 atom stereocenters. The number of hydrogen-bond acceptors (Lipinski definition) is 3. The fourth-order valence-corrected chi connectivity index (χ4v) is 4.56. The maximum absolute atomic E-state index is 12.2. The first kappa shape index (κ1) is 17.0. The molecular weight excluding hydrogens is 298 g/mol. The van der Waals surface area contributed by atoms with Crippen molar-refractivity contribution in [3.8, 4) is 0 Å². The summed E-state index contributed by atoms with van der Waals surface area (Å²) in [6.07, 6.45) is 1.45. The van der Waals surface area contributed by atoms with E-state index in [-0.39, 0.29) is 17.4 Å². The largest absolute Gasteiger partial charge is 0.342 e. The Morgan fingerprint density at radius 1 is 1.27 bits per heavy atom. The Morgan fingerprint density at radius 3 is 2.55 bits per heavy atom. The van der Waals surface area contributed by atoms with Gasteiger partial charge >= 0.3 is 0 Å². The number of nitrogens with zero attached hydrogens (tertiary/aromatic N) is 1. The molecule has 22 heavy (non-hydrogen) atoms. The van der Waals surface area contributed by atoms with Crippen molar-refractivity contribution in [2.24, 2.45) is 5.92 Å². The molecule has 0 radical (unpaired) electrons. The van der Waals surface area contributed by atoms with Crippen LogP contribution in [-0.2, 0) is 14.6 Å². The molecule has 1 aromatic rings. The molecular formula is C17H25NO3S. The van der Waals surface area contributed by atoms with E-state index in [1.54, 1.807) is 4.90 Å². The summed E-state index contributed by atoms with van der Waals surface area (Å²) >= 11 is 0. The third-order valence-electron chi connectivity index (χ3n) is 4.34. The monoisotopic (exact) mass is 323 g/mol. The summed E-state index contributed by atoms with van der Waals surface area (Å²) in [5, 5.41) is 0. The second-order valence-corrected chi connectivity index (χ2v) is 8.40. The first-order valence-corrected chi connectivity index (χ1v) is 9.78. The topological polar surface area (TPSA) is 54.5 Å². The van der Waals surface area contributed by atoms with Gasteiger partial charge in [-0.15, -0.1) is 0 Å². The molecule has 5 heteroatoms. The standard InChI is InChI=1S/C17H25NO3S/c1-3-11-22(20,21)13-17(19)18-10-9-16(14(2)12-18)15-7-5-4-6-8-15/h4-8,14,16H,3,9-13H2,1-2H3/t14-,16-/m0/s1. The normalized spacial score (nSPS) is 22.5. The van der Waals surface area contributed by atoms with E-state index in [1.807, 2.05) is 25.1 Å².